The molecule has 18 heavy (non-hydrogen) atoms. The first-order valence-corrected chi connectivity index (χ1v) is 6.74. The molecule has 2 aromatic rings. The maximum Gasteiger partial charge on any atom is 0.188 e. The topological polar surface area (TPSA) is 27.1 Å². The Kier molecular flexibility index (Phi) is 5.47. The van der Waals surface area contributed by atoms with Gasteiger partial charge in [-0.3, -0.25) is 0 Å². The maximum atomic E-state index is 12.6. The van der Waals surface area contributed by atoms with Gasteiger partial charge in [0.1, 0.15) is 5.75 Å². The van der Waals surface area contributed by atoms with Crippen LogP contribution in [0.1, 0.15) is 33.4 Å². The molecule has 0 amide bonds. The summed E-state index contributed by atoms with van der Waals surface area (Å²) in [4.78, 5) is 0. The minimum Gasteiger partial charge on any atom is -0.491 e. The van der Waals surface area contributed by atoms with E-state index in [-0.39, 0.29) is 18.4 Å². The average molecular weight is 270 g/mol. The number of hydrogen-bond donors (Lipinski definition) is 0. The monoisotopic (exact) mass is 270 g/mol. The minimum atomic E-state index is 0.104. The summed E-state index contributed by atoms with van der Waals surface area (Å²) in [6, 6.07) is 5.54. The van der Waals surface area contributed by atoms with E-state index in [1.165, 1.54) is 4.09 Å². The fourth-order valence-electron chi connectivity index (χ4n) is 1.61. The van der Waals surface area contributed by atoms with Gasteiger partial charge in [-0.15, -0.1) is 3.89 Å². The summed E-state index contributed by atoms with van der Waals surface area (Å²) in [5.41, 5.74) is 1.57. The van der Waals surface area contributed by atoms with Gasteiger partial charge in [0, 0.05) is 5.39 Å². The molecule has 5 heteroatoms. The van der Waals surface area contributed by atoms with Crippen molar-refractivity contribution in [3.63, 3.8) is 0 Å². The molecule has 0 aliphatic heterocycles. The van der Waals surface area contributed by atoms with Crippen LogP contribution >= 0.6 is 12.3 Å². The van der Waals surface area contributed by atoms with Crippen molar-refractivity contribution in [2.24, 2.45) is 0 Å². The first kappa shape index (κ1) is 14.8. The summed E-state index contributed by atoms with van der Waals surface area (Å²) in [5.74, 6) is 0.786. The molecule has 1 heterocycles. The van der Waals surface area contributed by atoms with E-state index in [1.807, 2.05) is 52.8 Å². The summed E-state index contributed by atoms with van der Waals surface area (Å²) < 4.78 is 19.4. The predicted molar refractivity (Wildman–Crippen MR) is 75.7 cm³/mol. The molecule has 1 aromatic carbocycles. The van der Waals surface area contributed by atoms with Crippen LogP contribution in [0.25, 0.3) is 10.9 Å². The number of aryl methyl sites for hydroxylation is 1. The lowest BCUT2D eigenvalue weighted by Crippen LogP contribution is -2.05. The largest absolute Gasteiger partial charge is 0.491 e. The Morgan fingerprint density at radius 2 is 2.00 bits per heavy atom. The van der Waals surface area contributed by atoms with Crippen molar-refractivity contribution in [2.75, 3.05) is 0 Å². The number of rotatable bonds is 3. The molecular formula is C13H19FN2OS. The van der Waals surface area contributed by atoms with Crippen molar-refractivity contribution in [1.29, 1.82) is 0 Å². The van der Waals surface area contributed by atoms with Gasteiger partial charge in [0.05, 0.1) is 17.3 Å². The number of nitrogens with zero attached hydrogens (tertiary/aromatic N) is 2. The number of benzene rings is 1. The standard InChI is InChI=1S/C11H13FN2OS.C2H6/c1-7(2)15-9-4-5-11-10(6-9)8(3)13-14(11)16-12;1-2/h4-7H,1-3H3;1-2H3. The quantitative estimate of drug-likeness (QED) is 0.819. The van der Waals surface area contributed by atoms with E-state index in [9.17, 15) is 3.89 Å². The van der Waals surface area contributed by atoms with E-state index in [0.29, 0.717) is 0 Å². The first-order valence-electron chi connectivity index (χ1n) is 6.07. The molecule has 100 valence electrons. The Labute approximate surface area is 112 Å². The fourth-order valence-corrected chi connectivity index (χ4v) is 2.00. The molecule has 0 saturated heterocycles. The normalized spacial score (nSPS) is 10.4. The van der Waals surface area contributed by atoms with Crippen molar-refractivity contribution >= 4 is 23.2 Å². The lowest BCUT2D eigenvalue weighted by Gasteiger charge is -2.09. The van der Waals surface area contributed by atoms with Crippen molar-refractivity contribution in [3.05, 3.63) is 23.9 Å². The number of aromatic nitrogens is 2. The van der Waals surface area contributed by atoms with Gasteiger partial charge in [-0.25, -0.2) is 0 Å². The smallest absolute Gasteiger partial charge is 0.188 e. The zero-order chi connectivity index (χ0) is 13.7. The minimum absolute atomic E-state index is 0.104. The van der Waals surface area contributed by atoms with Gasteiger partial charge in [0.25, 0.3) is 0 Å². The summed E-state index contributed by atoms with van der Waals surface area (Å²) >= 11 is 0.104. The Morgan fingerprint density at radius 1 is 1.33 bits per heavy atom. The van der Waals surface area contributed by atoms with Gasteiger partial charge in [-0.05, 0) is 39.0 Å². The van der Waals surface area contributed by atoms with Crippen LogP contribution in [0, 0.1) is 6.92 Å². The van der Waals surface area contributed by atoms with E-state index < -0.39 is 0 Å². The molecular weight excluding hydrogens is 251 g/mol. The maximum absolute atomic E-state index is 12.6. The van der Waals surface area contributed by atoms with E-state index in [1.54, 1.807) is 0 Å². The Morgan fingerprint density at radius 3 is 2.56 bits per heavy atom. The molecule has 0 aliphatic rings. The highest BCUT2D eigenvalue weighted by molar-refractivity contribution is 7.92. The molecule has 1 aromatic heterocycles. The van der Waals surface area contributed by atoms with Crippen molar-refractivity contribution in [3.8, 4) is 5.75 Å². The van der Waals surface area contributed by atoms with Crippen LogP contribution in [0.5, 0.6) is 5.75 Å². The Hall–Kier alpha value is -1.23. The molecule has 0 fully saturated rings. The van der Waals surface area contributed by atoms with Gasteiger partial charge in [-0.1, -0.05) is 13.8 Å². The molecule has 0 N–H and O–H groups in total. The van der Waals surface area contributed by atoms with Crippen molar-refractivity contribution < 1.29 is 8.62 Å². The molecule has 0 spiro atoms. The van der Waals surface area contributed by atoms with E-state index in [4.69, 9.17) is 4.74 Å². The van der Waals surface area contributed by atoms with Crippen molar-refractivity contribution in [1.82, 2.24) is 9.19 Å². The molecule has 0 radical (unpaired) electrons. The number of ether oxygens (including phenoxy) is 1. The van der Waals surface area contributed by atoms with E-state index in [0.717, 1.165) is 22.3 Å². The third-order valence-corrected chi connectivity index (χ3v) is 2.65. The lowest BCUT2D eigenvalue weighted by molar-refractivity contribution is 0.243. The zero-order valence-corrected chi connectivity index (χ0v) is 12.2. The second-order valence-corrected chi connectivity index (χ2v) is 4.36. The van der Waals surface area contributed by atoms with Gasteiger partial charge < -0.3 is 4.74 Å². The van der Waals surface area contributed by atoms with Crippen LogP contribution in [0.3, 0.4) is 0 Å². The Balaban J connectivity index is 0.000000771. The second-order valence-electron chi connectivity index (χ2n) is 3.87. The van der Waals surface area contributed by atoms with Crippen LogP contribution in [0.2, 0.25) is 0 Å². The highest BCUT2D eigenvalue weighted by Gasteiger charge is 2.09. The number of hydrogen-bond acceptors (Lipinski definition) is 3. The number of fused-ring (bicyclic) bond motifs is 1. The molecule has 0 atom stereocenters. The van der Waals surface area contributed by atoms with Crippen molar-refractivity contribution in [2.45, 2.75) is 40.7 Å². The van der Waals surface area contributed by atoms with E-state index >= 15 is 0 Å². The molecule has 0 unspecified atom stereocenters. The molecule has 0 aliphatic carbocycles. The van der Waals surface area contributed by atoms with Gasteiger partial charge in [0.15, 0.2) is 12.3 Å². The summed E-state index contributed by atoms with van der Waals surface area (Å²) in [5, 5.41) is 5.00. The molecule has 2 rings (SSSR count). The fraction of sp³-hybridized carbons (Fsp3) is 0.462. The third-order valence-electron chi connectivity index (χ3n) is 2.24. The number of halogens is 1. The van der Waals surface area contributed by atoms with Crippen LogP contribution in [-0.2, 0) is 0 Å². The predicted octanol–water partition coefficient (Wildman–Crippen LogP) is 4.54. The van der Waals surface area contributed by atoms with Gasteiger partial charge >= 0.3 is 0 Å². The lowest BCUT2D eigenvalue weighted by atomic mass is 10.2. The molecule has 0 bridgehead atoms. The first-order chi connectivity index (χ1) is 8.61. The molecule has 0 saturated carbocycles. The van der Waals surface area contributed by atoms with Crippen LogP contribution in [-0.4, -0.2) is 15.3 Å². The van der Waals surface area contributed by atoms with Gasteiger partial charge in [0.2, 0.25) is 0 Å². The van der Waals surface area contributed by atoms with E-state index in [2.05, 4.69) is 5.10 Å². The summed E-state index contributed by atoms with van der Waals surface area (Å²) in [6.07, 6.45) is 0.128. The molecule has 3 nitrogen and oxygen atoms in total. The SMILES string of the molecule is CC.Cc1nn(SF)c2ccc(OC(C)C)cc12. The zero-order valence-electron chi connectivity index (χ0n) is 11.4. The second kappa shape index (κ2) is 6.64. The summed E-state index contributed by atoms with van der Waals surface area (Å²) in [6.45, 7) is 9.80. The summed E-state index contributed by atoms with van der Waals surface area (Å²) in [7, 11) is 0. The highest BCUT2D eigenvalue weighted by atomic mass is 32.2. The third kappa shape index (κ3) is 3.16. The average Bonchev–Trinajstić information content (AvgIpc) is 2.68. The van der Waals surface area contributed by atoms with Crippen LogP contribution in [0.15, 0.2) is 18.2 Å². The van der Waals surface area contributed by atoms with Crippen LogP contribution in [0.4, 0.5) is 3.89 Å². The van der Waals surface area contributed by atoms with Crippen LogP contribution < -0.4 is 4.74 Å². The Bertz CT molecular complexity index is 511. The van der Waals surface area contributed by atoms with Gasteiger partial charge in [-0.2, -0.15) is 9.19 Å². The highest BCUT2D eigenvalue weighted by Crippen LogP contribution is 2.26.